The lowest BCUT2D eigenvalue weighted by Gasteiger charge is -1.81. The van der Waals surface area contributed by atoms with Gasteiger partial charge >= 0.3 is 11.3 Å². The van der Waals surface area contributed by atoms with Crippen molar-refractivity contribution in [3.8, 4) is 11.5 Å². The van der Waals surface area contributed by atoms with Crippen LogP contribution in [0.4, 0.5) is 0 Å². The van der Waals surface area contributed by atoms with Crippen molar-refractivity contribution in [2.24, 2.45) is 0 Å². The minimum absolute atomic E-state index is 0.354. The number of hydrogen-bond acceptors (Lipinski definition) is 7. The van der Waals surface area contributed by atoms with Gasteiger partial charge in [0.05, 0.1) is 12.5 Å². The van der Waals surface area contributed by atoms with Crippen molar-refractivity contribution < 1.29 is 23.8 Å². The summed E-state index contributed by atoms with van der Waals surface area (Å²) in [7, 11) is 0. The third kappa shape index (κ3) is 5.31. The average molecular weight is 254 g/mol. The Bertz CT molecular complexity index is 518. The first kappa shape index (κ1) is 15.2. The summed E-state index contributed by atoms with van der Waals surface area (Å²) in [6.45, 7) is 2.00. The topological polar surface area (TPSA) is 118 Å². The molecule has 2 N–H and O–H groups in total. The van der Waals surface area contributed by atoms with E-state index in [1.54, 1.807) is 0 Å². The SMILES string of the molecule is C=O.O=c1occcc1O.O=c1occcc1O. The van der Waals surface area contributed by atoms with Gasteiger partial charge in [0.25, 0.3) is 0 Å². The first-order chi connectivity index (χ1) is 8.61. The zero-order valence-electron chi connectivity index (χ0n) is 9.11. The predicted octanol–water partition coefficient (Wildman–Crippen LogP) is 0.506. The van der Waals surface area contributed by atoms with Crippen LogP contribution in [-0.4, -0.2) is 17.0 Å². The molecule has 0 unspecified atom stereocenters. The van der Waals surface area contributed by atoms with Gasteiger partial charge < -0.3 is 23.8 Å². The molecule has 0 atom stereocenters. The van der Waals surface area contributed by atoms with Crippen LogP contribution in [0, 0.1) is 0 Å². The molecule has 96 valence electrons. The van der Waals surface area contributed by atoms with Crippen LogP contribution in [0.15, 0.2) is 55.2 Å². The lowest BCUT2D eigenvalue weighted by molar-refractivity contribution is -0.0979. The second-order valence-electron chi connectivity index (χ2n) is 2.57. The summed E-state index contributed by atoms with van der Waals surface area (Å²) in [6, 6.07) is 5.42. The first-order valence-corrected chi connectivity index (χ1v) is 4.43. The van der Waals surface area contributed by atoms with E-state index in [9.17, 15) is 9.59 Å². The molecular formula is C11H10O7. The summed E-state index contributed by atoms with van der Waals surface area (Å²) < 4.78 is 8.50. The molecule has 7 heteroatoms. The van der Waals surface area contributed by atoms with Crippen LogP contribution >= 0.6 is 0 Å². The molecule has 18 heavy (non-hydrogen) atoms. The summed E-state index contributed by atoms with van der Waals surface area (Å²) in [5.41, 5.74) is -1.40. The summed E-state index contributed by atoms with van der Waals surface area (Å²) >= 11 is 0. The van der Waals surface area contributed by atoms with Crippen molar-refractivity contribution in [3.63, 3.8) is 0 Å². The third-order valence-electron chi connectivity index (χ3n) is 1.43. The third-order valence-corrected chi connectivity index (χ3v) is 1.43. The van der Waals surface area contributed by atoms with Gasteiger partial charge in [-0.1, -0.05) is 0 Å². The molecule has 0 aromatic carbocycles. The Labute approximate surface area is 101 Å². The monoisotopic (exact) mass is 254 g/mol. The van der Waals surface area contributed by atoms with Crippen LogP contribution in [0.3, 0.4) is 0 Å². The second kappa shape index (κ2) is 8.34. The molecule has 0 aliphatic heterocycles. The molecule has 0 fully saturated rings. The fourth-order valence-corrected chi connectivity index (χ4v) is 0.720. The van der Waals surface area contributed by atoms with E-state index in [4.69, 9.17) is 15.0 Å². The van der Waals surface area contributed by atoms with Crippen LogP contribution in [-0.2, 0) is 4.79 Å². The Kier molecular flexibility index (Phi) is 7.03. The van der Waals surface area contributed by atoms with E-state index in [1.807, 2.05) is 6.79 Å². The Hall–Kier alpha value is -2.83. The molecule has 0 aliphatic rings. The van der Waals surface area contributed by atoms with Crippen molar-refractivity contribution >= 4 is 6.79 Å². The quantitative estimate of drug-likeness (QED) is 0.702. The Balaban J connectivity index is 0.000000283. The Morgan fingerprint density at radius 2 is 1.17 bits per heavy atom. The maximum atomic E-state index is 10.2. The van der Waals surface area contributed by atoms with Gasteiger partial charge in [-0.2, -0.15) is 0 Å². The predicted molar refractivity (Wildman–Crippen MR) is 60.4 cm³/mol. The van der Waals surface area contributed by atoms with E-state index >= 15 is 0 Å². The summed E-state index contributed by atoms with van der Waals surface area (Å²) in [5.74, 6) is -0.708. The highest BCUT2D eigenvalue weighted by molar-refractivity contribution is 5.11. The number of rotatable bonds is 0. The summed E-state index contributed by atoms with van der Waals surface area (Å²) in [4.78, 5) is 28.4. The normalized spacial score (nSPS) is 8.22. The lowest BCUT2D eigenvalue weighted by atomic mass is 10.5. The van der Waals surface area contributed by atoms with Crippen molar-refractivity contribution in [1.82, 2.24) is 0 Å². The summed E-state index contributed by atoms with van der Waals surface area (Å²) in [5, 5.41) is 17.0. The molecular weight excluding hydrogens is 244 g/mol. The smallest absolute Gasteiger partial charge is 0.378 e. The lowest BCUT2D eigenvalue weighted by Crippen LogP contribution is -1.93. The highest BCUT2D eigenvalue weighted by Gasteiger charge is 1.90. The Morgan fingerprint density at radius 3 is 1.33 bits per heavy atom. The molecule has 0 amide bonds. The molecule has 0 spiro atoms. The fraction of sp³-hybridized carbons (Fsp3) is 0. The fourth-order valence-electron chi connectivity index (χ4n) is 0.720. The summed E-state index contributed by atoms with van der Waals surface area (Å²) in [6.07, 6.45) is 2.42. The molecule has 2 aromatic rings. The van der Waals surface area contributed by atoms with Crippen LogP contribution < -0.4 is 11.3 Å². The van der Waals surface area contributed by atoms with Crippen molar-refractivity contribution in [2.45, 2.75) is 0 Å². The molecule has 2 aromatic heterocycles. The molecule has 0 bridgehead atoms. The largest absolute Gasteiger partial charge is 0.502 e. The van der Waals surface area contributed by atoms with Crippen LogP contribution in [0.2, 0.25) is 0 Å². The van der Waals surface area contributed by atoms with Crippen molar-refractivity contribution in [3.05, 3.63) is 57.6 Å². The van der Waals surface area contributed by atoms with Crippen molar-refractivity contribution in [2.75, 3.05) is 0 Å². The first-order valence-electron chi connectivity index (χ1n) is 4.43. The van der Waals surface area contributed by atoms with Crippen LogP contribution in [0.5, 0.6) is 11.5 Å². The van der Waals surface area contributed by atoms with E-state index < -0.39 is 11.3 Å². The molecule has 7 nitrogen and oxygen atoms in total. The van der Waals surface area contributed by atoms with Crippen molar-refractivity contribution in [1.29, 1.82) is 0 Å². The number of aromatic hydroxyl groups is 2. The van der Waals surface area contributed by atoms with E-state index in [0.29, 0.717) is 0 Å². The minimum Gasteiger partial charge on any atom is -0.502 e. The molecule has 0 saturated carbocycles. The molecule has 0 aliphatic carbocycles. The van der Waals surface area contributed by atoms with Gasteiger partial charge in [0.1, 0.15) is 6.79 Å². The second-order valence-corrected chi connectivity index (χ2v) is 2.57. The van der Waals surface area contributed by atoms with E-state index in [-0.39, 0.29) is 11.5 Å². The van der Waals surface area contributed by atoms with Gasteiger partial charge in [-0.15, -0.1) is 0 Å². The van der Waals surface area contributed by atoms with Gasteiger partial charge in [-0.25, -0.2) is 9.59 Å². The highest BCUT2D eigenvalue weighted by atomic mass is 16.4. The van der Waals surface area contributed by atoms with Crippen LogP contribution in [0.25, 0.3) is 0 Å². The number of hydrogen-bond donors (Lipinski definition) is 2. The molecule has 0 saturated heterocycles. The molecule has 2 rings (SSSR count). The maximum absolute atomic E-state index is 10.2. The van der Waals surface area contributed by atoms with E-state index in [0.717, 1.165) is 0 Å². The minimum atomic E-state index is -0.701. The van der Waals surface area contributed by atoms with E-state index in [1.165, 1.54) is 36.8 Å². The average Bonchev–Trinajstić information content (AvgIpc) is 2.40. The van der Waals surface area contributed by atoms with Gasteiger partial charge in [-0.05, 0) is 24.3 Å². The van der Waals surface area contributed by atoms with Gasteiger partial charge in [0.2, 0.25) is 11.5 Å². The number of carbonyl (C=O) groups excluding carboxylic acids is 1. The van der Waals surface area contributed by atoms with E-state index in [2.05, 4.69) is 8.83 Å². The van der Waals surface area contributed by atoms with Crippen LogP contribution in [0.1, 0.15) is 0 Å². The van der Waals surface area contributed by atoms with Gasteiger partial charge in [0.15, 0.2) is 0 Å². The maximum Gasteiger partial charge on any atom is 0.378 e. The van der Waals surface area contributed by atoms with Gasteiger partial charge in [-0.3, -0.25) is 0 Å². The Morgan fingerprint density at radius 1 is 0.833 bits per heavy atom. The highest BCUT2D eigenvalue weighted by Crippen LogP contribution is 1.95. The molecule has 0 radical (unpaired) electrons. The van der Waals surface area contributed by atoms with Gasteiger partial charge in [0, 0.05) is 0 Å². The number of carbonyl (C=O) groups is 1. The zero-order chi connectivity index (χ0) is 14.0. The molecule has 2 heterocycles. The zero-order valence-corrected chi connectivity index (χ0v) is 9.11. The standard InChI is InChI=1S/2C5H4O3.CH2O/c2*6-4-2-1-3-8-5(4)7;1-2/h2*1-3,6H;1H2.